The van der Waals surface area contributed by atoms with Crippen LogP contribution >= 0.6 is 0 Å². The second kappa shape index (κ2) is 7.29. The van der Waals surface area contributed by atoms with Crippen LogP contribution in [0.15, 0.2) is 24.3 Å². The van der Waals surface area contributed by atoms with Gasteiger partial charge in [0.1, 0.15) is 0 Å². The Hall–Kier alpha value is -1.08. The Labute approximate surface area is 106 Å². The number of hydrogen-bond donors (Lipinski definition) is 1. The first-order valence-corrected chi connectivity index (χ1v) is 6.54. The predicted molar refractivity (Wildman–Crippen MR) is 77.3 cm³/mol. The normalized spacial score (nSPS) is 11.6. The van der Waals surface area contributed by atoms with E-state index in [1.807, 2.05) is 0 Å². The molecule has 1 N–H and O–H groups in total. The van der Waals surface area contributed by atoms with E-state index < -0.39 is 0 Å². The van der Waals surface area contributed by atoms with Crippen LogP contribution in [0.25, 0.3) is 6.08 Å². The molecule has 0 spiro atoms. The Morgan fingerprint density at radius 2 is 2.00 bits per heavy atom. The molecule has 1 aromatic carbocycles. The summed E-state index contributed by atoms with van der Waals surface area (Å²) in [4.78, 5) is 0. The molecule has 0 unspecified atom stereocenters. The summed E-state index contributed by atoms with van der Waals surface area (Å²) in [6.07, 6.45) is 5.58. The number of aryl methyl sites for hydroxylation is 2. The van der Waals surface area contributed by atoms with Crippen molar-refractivity contribution in [3.8, 4) is 0 Å². The number of benzene rings is 1. The van der Waals surface area contributed by atoms with Crippen molar-refractivity contribution >= 4 is 6.08 Å². The maximum absolute atomic E-state index is 3.44. The van der Waals surface area contributed by atoms with E-state index in [0.717, 1.165) is 25.4 Å². The first-order chi connectivity index (χ1) is 8.09. The fraction of sp³-hybridized carbons (Fsp3) is 0.500. The zero-order valence-corrected chi connectivity index (χ0v) is 11.6. The zero-order valence-electron chi connectivity index (χ0n) is 11.6. The summed E-state index contributed by atoms with van der Waals surface area (Å²) in [6, 6.07) is 6.60. The lowest BCUT2D eigenvalue weighted by Gasteiger charge is -2.05. The minimum absolute atomic E-state index is 0.735. The molecule has 0 aliphatic rings. The zero-order chi connectivity index (χ0) is 12.7. The number of nitrogens with one attached hydrogen (secondary N) is 1. The van der Waals surface area contributed by atoms with Crippen molar-refractivity contribution in [2.75, 3.05) is 13.1 Å². The standard InChI is InChI=1S/C16H25N/c1-13(2)12-17-10-6-5-7-16-9-8-14(3)11-15(16)4/h5,7-9,11,13,17H,6,10,12H2,1-4H3. The van der Waals surface area contributed by atoms with Crippen molar-refractivity contribution in [2.45, 2.75) is 34.1 Å². The van der Waals surface area contributed by atoms with Crippen molar-refractivity contribution in [1.82, 2.24) is 5.32 Å². The van der Waals surface area contributed by atoms with Gasteiger partial charge in [-0.2, -0.15) is 0 Å². The average Bonchev–Trinajstić information content (AvgIpc) is 2.25. The third-order valence-corrected chi connectivity index (χ3v) is 2.76. The fourth-order valence-electron chi connectivity index (χ4n) is 1.80. The van der Waals surface area contributed by atoms with Gasteiger partial charge in [-0.05, 0) is 50.4 Å². The summed E-state index contributed by atoms with van der Waals surface area (Å²) in [6.45, 7) is 11.0. The first-order valence-electron chi connectivity index (χ1n) is 6.54. The lowest BCUT2D eigenvalue weighted by Crippen LogP contribution is -2.20. The van der Waals surface area contributed by atoms with E-state index in [2.05, 4.69) is 63.4 Å². The van der Waals surface area contributed by atoms with Crippen molar-refractivity contribution < 1.29 is 0 Å². The highest BCUT2D eigenvalue weighted by Crippen LogP contribution is 2.12. The van der Waals surface area contributed by atoms with Gasteiger partial charge in [-0.3, -0.25) is 0 Å². The molecule has 0 saturated carbocycles. The molecule has 0 atom stereocenters. The van der Waals surface area contributed by atoms with Crippen molar-refractivity contribution in [2.24, 2.45) is 5.92 Å². The van der Waals surface area contributed by atoms with E-state index in [-0.39, 0.29) is 0 Å². The second-order valence-electron chi connectivity index (χ2n) is 5.15. The summed E-state index contributed by atoms with van der Waals surface area (Å²) in [5.41, 5.74) is 4.02. The van der Waals surface area contributed by atoms with E-state index in [1.54, 1.807) is 0 Å². The third-order valence-electron chi connectivity index (χ3n) is 2.76. The van der Waals surface area contributed by atoms with E-state index in [9.17, 15) is 0 Å². The van der Waals surface area contributed by atoms with Gasteiger partial charge in [-0.15, -0.1) is 0 Å². The Morgan fingerprint density at radius 3 is 2.65 bits per heavy atom. The van der Waals surface area contributed by atoms with Crippen molar-refractivity contribution in [3.63, 3.8) is 0 Å². The maximum Gasteiger partial charge on any atom is -0.00140 e. The summed E-state index contributed by atoms with van der Waals surface area (Å²) < 4.78 is 0. The van der Waals surface area contributed by atoms with Crippen LogP contribution in [-0.2, 0) is 0 Å². The van der Waals surface area contributed by atoms with Crippen LogP contribution in [0.4, 0.5) is 0 Å². The average molecular weight is 231 g/mol. The highest BCUT2D eigenvalue weighted by Gasteiger charge is 1.94. The molecule has 0 aliphatic carbocycles. The largest absolute Gasteiger partial charge is 0.316 e. The van der Waals surface area contributed by atoms with Crippen LogP contribution in [0.3, 0.4) is 0 Å². The van der Waals surface area contributed by atoms with E-state index in [4.69, 9.17) is 0 Å². The minimum atomic E-state index is 0.735. The Kier molecular flexibility index (Phi) is 5.99. The molecule has 17 heavy (non-hydrogen) atoms. The van der Waals surface area contributed by atoms with Gasteiger partial charge in [-0.25, -0.2) is 0 Å². The van der Waals surface area contributed by atoms with Gasteiger partial charge < -0.3 is 5.32 Å². The quantitative estimate of drug-likeness (QED) is 0.731. The van der Waals surface area contributed by atoms with Gasteiger partial charge in [0.25, 0.3) is 0 Å². The molecule has 0 heterocycles. The fourth-order valence-corrected chi connectivity index (χ4v) is 1.80. The molecule has 0 bridgehead atoms. The highest BCUT2D eigenvalue weighted by molar-refractivity contribution is 5.54. The number of hydrogen-bond acceptors (Lipinski definition) is 1. The Morgan fingerprint density at radius 1 is 1.24 bits per heavy atom. The van der Waals surface area contributed by atoms with Crippen molar-refractivity contribution in [1.29, 1.82) is 0 Å². The predicted octanol–water partition coefficient (Wildman–Crippen LogP) is 3.95. The van der Waals surface area contributed by atoms with E-state index >= 15 is 0 Å². The van der Waals surface area contributed by atoms with Gasteiger partial charge in [0.2, 0.25) is 0 Å². The molecule has 0 saturated heterocycles. The van der Waals surface area contributed by atoms with Crippen LogP contribution in [0, 0.1) is 19.8 Å². The maximum atomic E-state index is 3.44. The van der Waals surface area contributed by atoms with E-state index in [0.29, 0.717) is 0 Å². The smallest absolute Gasteiger partial charge is 0.00140 e. The topological polar surface area (TPSA) is 12.0 Å². The van der Waals surface area contributed by atoms with Crippen LogP contribution < -0.4 is 5.32 Å². The molecule has 1 heteroatoms. The lowest BCUT2D eigenvalue weighted by molar-refractivity contribution is 0.557. The van der Waals surface area contributed by atoms with Crippen molar-refractivity contribution in [3.05, 3.63) is 41.0 Å². The molecule has 1 rings (SSSR count). The highest BCUT2D eigenvalue weighted by atomic mass is 14.8. The molecule has 1 nitrogen and oxygen atoms in total. The Bertz CT molecular complexity index is 364. The van der Waals surface area contributed by atoms with Gasteiger partial charge in [-0.1, -0.05) is 49.8 Å². The van der Waals surface area contributed by atoms with Gasteiger partial charge in [0.05, 0.1) is 0 Å². The van der Waals surface area contributed by atoms with Crippen LogP contribution in [0.5, 0.6) is 0 Å². The molecule has 0 aromatic heterocycles. The monoisotopic (exact) mass is 231 g/mol. The molecule has 1 aromatic rings. The summed E-state index contributed by atoms with van der Waals surface area (Å²) >= 11 is 0. The summed E-state index contributed by atoms with van der Waals surface area (Å²) in [7, 11) is 0. The number of rotatable bonds is 6. The second-order valence-corrected chi connectivity index (χ2v) is 5.15. The molecule has 0 fully saturated rings. The van der Waals surface area contributed by atoms with Gasteiger partial charge in [0.15, 0.2) is 0 Å². The van der Waals surface area contributed by atoms with Gasteiger partial charge in [0, 0.05) is 0 Å². The summed E-state index contributed by atoms with van der Waals surface area (Å²) in [5, 5.41) is 3.44. The Balaban J connectivity index is 2.33. The summed E-state index contributed by atoms with van der Waals surface area (Å²) in [5.74, 6) is 0.735. The molecular weight excluding hydrogens is 206 g/mol. The molecule has 0 amide bonds. The first kappa shape index (κ1) is 14.0. The molecule has 0 radical (unpaired) electrons. The van der Waals surface area contributed by atoms with Crippen LogP contribution in [0.2, 0.25) is 0 Å². The molecule has 94 valence electrons. The molecule has 0 aliphatic heterocycles. The van der Waals surface area contributed by atoms with E-state index in [1.165, 1.54) is 16.7 Å². The van der Waals surface area contributed by atoms with Gasteiger partial charge >= 0.3 is 0 Å². The third kappa shape index (κ3) is 5.69. The lowest BCUT2D eigenvalue weighted by atomic mass is 10.1. The van der Waals surface area contributed by atoms with Crippen LogP contribution in [0.1, 0.15) is 37.0 Å². The minimum Gasteiger partial charge on any atom is -0.316 e. The SMILES string of the molecule is Cc1ccc(C=CCCNCC(C)C)c(C)c1. The van der Waals surface area contributed by atoms with Crippen LogP contribution in [-0.4, -0.2) is 13.1 Å². The molecular formula is C16H25N.